The third-order valence-corrected chi connectivity index (χ3v) is 2.93. The van der Waals surface area contributed by atoms with E-state index >= 15 is 0 Å². The van der Waals surface area contributed by atoms with Gasteiger partial charge in [0.1, 0.15) is 11.0 Å². The zero-order valence-electron chi connectivity index (χ0n) is 10.6. The summed E-state index contributed by atoms with van der Waals surface area (Å²) in [7, 11) is 0. The Morgan fingerprint density at radius 3 is 2.31 bits per heavy atom. The summed E-state index contributed by atoms with van der Waals surface area (Å²) in [5, 5.41) is 0.576. The lowest BCUT2D eigenvalue weighted by atomic mass is 10.0. The second kappa shape index (κ2) is 6.19. The Morgan fingerprint density at radius 1 is 1.19 bits per heavy atom. The molecule has 0 saturated carbocycles. The summed E-state index contributed by atoms with van der Waals surface area (Å²) in [6.07, 6.45) is 3.10. The molecule has 90 valence electrons. The van der Waals surface area contributed by atoms with Gasteiger partial charge in [0.25, 0.3) is 0 Å². The van der Waals surface area contributed by atoms with Crippen molar-refractivity contribution in [3.8, 4) is 0 Å². The van der Waals surface area contributed by atoms with Crippen LogP contribution in [0.1, 0.15) is 58.0 Å². The first-order chi connectivity index (χ1) is 7.56. The van der Waals surface area contributed by atoms with E-state index in [1.165, 1.54) is 0 Å². The zero-order chi connectivity index (χ0) is 12.1. The normalized spacial score (nSPS) is 11.4. The van der Waals surface area contributed by atoms with Gasteiger partial charge in [-0.05, 0) is 31.2 Å². The van der Waals surface area contributed by atoms with E-state index in [4.69, 9.17) is 11.6 Å². The van der Waals surface area contributed by atoms with Gasteiger partial charge in [-0.25, -0.2) is 9.97 Å². The minimum Gasteiger partial charge on any atom is -0.238 e. The summed E-state index contributed by atoms with van der Waals surface area (Å²) in [6.45, 7) is 8.71. The lowest BCUT2D eigenvalue weighted by Crippen LogP contribution is -2.07. The number of rotatable bonds is 5. The lowest BCUT2D eigenvalue weighted by Gasteiger charge is -2.13. The smallest absolute Gasteiger partial charge is 0.133 e. The molecule has 0 atom stereocenters. The van der Waals surface area contributed by atoms with Crippen molar-refractivity contribution in [2.45, 2.75) is 52.9 Å². The fourth-order valence-electron chi connectivity index (χ4n) is 1.84. The maximum Gasteiger partial charge on any atom is 0.133 e. The van der Waals surface area contributed by atoms with Crippen LogP contribution < -0.4 is 0 Å². The van der Waals surface area contributed by atoms with Crippen molar-refractivity contribution in [1.82, 2.24) is 9.97 Å². The van der Waals surface area contributed by atoms with E-state index in [1.807, 2.05) is 6.07 Å². The predicted octanol–water partition coefficient (Wildman–Crippen LogP) is 4.23. The maximum absolute atomic E-state index is 6.04. The zero-order valence-corrected chi connectivity index (χ0v) is 11.4. The maximum atomic E-state index is 6.04. The number of hydrogen-bond acceptors (Lipinski definition) is 2. The molecule has 0 spiro atoms. The highest BCUT2D eigenvalue weighted by Crippen LogP contribution is 2.22. The van der Waals surface area contributed by atoms with Gasteiger partial charge in [0.05, 0.1) is 0 Å². The van der Waals surface area contributed by atoms with E-state index < -0.39 is 0 Å². The van der Waals surface area contributed by atoms with Gasteiger partial charge in [-0.15, -0.1) is 0 Å². The number of nitrogens with zero attached hydrogens (tertiary/aromatic N) is 2. The third kappa shape index (κ3) is 3.75. The summed E-state index contributed by atoms with van der Waals surface area (Å²) in [5.74, 6) is 1.94. The van der Waals surface area contributed by atoms with Crippen LogP contribution in [0.5, 0.6) is 0 Å². The van der Waals surface area contributed by atoms with Gasteiger partial charge in [0.15, 0.2) is 0 Å². The fourth-order valence-corrected chi connectivity index (χ4v) is 2.06. The molecule has 1 aromatic heterocycles. The van der Waals surface area contributed by atoms with Gasteiger partial charge in [0, 0.05) is 11.6 Å². The molecule has 0 bridgehead atoms. The van der Waals surface area contributed by atoms with Gasteiger partial charge in [-0.1, -0.05) is 39.3 Å². The van der Waals surface area contributed by atoms with E-state index in [0.29, 0.717) is 17.0 Å². The van der Waals surface area contributed by atoms with E-state index in [9.17, 15) is 0 Å². The highest BCUT2D eigenvalue weighted by atomic mass is 35.5. The molecule has 16 heavy (non-hydrogen) atoms. The number of hydrogen-bond donors (Lipinski definition) is 0. The van der Waals surface area contributed by atoms with Crippen molar-refractivity contribution in [3.05, 3.63) is 22.7 Å². The minimum atomic E-state index is 0.435. The van der Waals surface area contributed by atoms with Crippen LogP contribution in [0.15, 0.2) is 6.07 Å². The van der Waals surface area contributed by atoms with Crippen LogP contribution in [0.4, 0.5) is 0 Å². The van der Waals surface area contributed by atoms with Crippen LogP contribution in [0.2, 0.25) is 5.15 Å². The summed E-state index contributed by atoms with van der Waals surface area (Å²) >= 11 is 6.04. The third-order valence-electron chi connectivity index (χ3n) is 2.73. The molecule has 0 aliphatic rings. The first-order valence-corrected chi connectivity index (χ1v) is 6.47. The van der Waals surface area contributed by atoms with Crippen molar-refractivity contribution >= 4 is 11.6 Å². The molecule has 0 radical (unpaired) electrons. The highest BCUT2D eigenvalue weighted by molar-refractivity contribution is 6.29. The summed E-state index contributed by atoms with van der Waals surface area (Å²) < 4.78 is 0. The van der Waals surface area contributed by atoms with Crippen LogP contribution in [-0.4, -0.2) is 9.97 Å². The molecule has 0 unspecified atom stereocenters. The first kappa shape index (κ1) is 13.4. The van der Waals surface area contributed by atoms with Crippen LogP contribution >= 0.6 is 11.6 Å². The molecule has 0 N–H and O–H groups in total. The minimum absolute atomic E-state index is 0.435. The molecule has 0 aliphatic carbocycles. The second-order valence-electron chi connectivity index (χ2n) is 4.65. The molecule has 0 fully saturated rings. The van der Waals surface area contributed by atoms with Crippen molar-refractivity contribution in [1.29, 1.82) is 0 Å². The lowest BCUT2D eigenvalue weighted by molar-refractivity contribution is 0.583. The average molecular weight is 241 g/mol. The van der Waals surface area contributed by atoms with Crippen LogP contribution in [0.3, 0.4) is 0 Å². The molecule has 0 aliphatic heterocycles. The Kier molecular flexibility index (Phi) is 5.20. The molecule has 0 aromatic carbocycles. The molecular formula is C13H21ClN2. The summed E-state index contributed by atoms with van der Waals surface area (Å²) in [6, 6.07) is 1.88. The summed E-state index contributed by atoms with van der Waals surface area (Å²) in [5.41, 5.74) is 1.07. The highest BCUT2D eigenvalue weighted by Gasteiger charge is 2.12. The monoisotopic (exact) mass is 240 g/mol. The Hall–Kier alpha value is -0.630. The molecule has 3 heteroatoms. The Bertz CT molecular complexity index is 333. The Balaban J connectivity index is 2.97. The van der Waals surface area contributed by atoms with Crippen molar-refractivity contribution in [3.63, 3.8) is 0 Å². The first-order valence-electron chi connectivity index (χ1n) is 6.10. The van der Waals surface area contributed by atoms with E-state index in [-0.39, 0.29) is 0 Å². The molecule has 1 aromatic rings. The van der Waals surface area contributed by atoms with Gasteiger partial charge in [-0.2, -0.15) is 0 Å². The SMILES string of the molecule is CCC(CC)c1nc(Cl)cc(CC(C)C)n1. The van der Waals surface area contributed by atoms with Crippen molar-refractivity contribution in [2.75, 3.05) is 0 Å². The summed E-state index contributed by atoms with van der Waals surface area (Å²) in [4.78, 5) is 8.96. The van der Waals surface area contributed by atoms with Gasteiger partial charge < -0.3 is 0 Å². The van der Waals surface area contributed by atoms with E-state index in [1.54, 1.807) is 0 Å². The van der Waals surface area contributed by atoms with Crippen molar-refractivity contribution < 1.29 is 0 Å². The topological polar surface area (TPSA) is 25.8 Å². The number of aromatic nitrogens is 2. The number of halogens is 1. The average Bonchev–Trinajstić information content (AvgIpc) is 2.17. The standard InChI is InChI=1S/C13H21ClN2/c1-5-10(6-2)13-15-11(7-9(3)4)8-12(14)16-13/h8-10H,5-7H2,1-4H3. The van der Waals surface area contributed by atoms with Gasteiger partial charge in [0.2, 0.25) is 0 Å². The fraction of sp³-hybridized carbons (Fsp3) is 0.692. The van der Waals surface area contributed by atoms with Crippen LogP contribution in [0.25, 0.3) is 0 Å². The largest absolute Gasteiger partial charge is 0.238 e. The molecule has 0 saturated heterocycles. The Morgan fingerprint density at radius 2 is 1.81 bits per heavy atom. The van der Waals surface area contributed by atoms with Crippen LogP contribution in [-0.2, 0) is 6.42 Å². The van der Waals surface area contributed by atoms with Crippen LogP contribution in [0, 0.1) is 5.92 Å². The Labute approximate surface area is 103 Å². The predicted molar refractivity (Wildman–Crippen MR) is 68.9 cm³/mol. The van der Waals surface area contributed by atoms with Gasteiger partial charge in [-0.3, -0.25) is 0 Å². The molecular weight excluding hydrogens is 220 g/mol. The molecule has 0 amide bonds. The second-order valence-corrected chi connectivity index (χ2v) is 5.04. The molecule has 1 rings (SSSR count). The van der Waals surface area contributed by atoms with E-state index in [2.05, 4.69) is 37.7 Å². The van der Waals surface area contributed by atoms with E-state index in [0.717, 1.165) is 30.8 Å². The quantitative estimate of drug-likeness (QED) is 0.720. The molecule has 1 heterocycles. The molecule has 2 nitrogen and oxygen atoms in total. The van der Waals surface area contributed by atoms with Gasteiger partial charge >= 0.3 is 0 Å². The van der Waals surface area contributed by atoms with Crippen molar-refractivity contribution in [2.24, 2.45) is 5.92 Å².